The quantitative estimate of drug-likeness (QED) is 0.0175. The van der Waals surface area contributed by atoms with E-state index in [1.165, 1.54) is 103 Å². The second kappa shape index (κ2) is 40.6. The lowest BCUT2D eigenvalue weighted by molar-refractivity contribution is -0.332. The Labute approximate surface area is 409 Å². The van der Waals surface area contributed by atoms with Crippen molar-refractivity contribution >= 4 is 11.9 Å². The highest BCUT2D eigenvalue weighted by atomic mass is 16.7. The molecule has 2 aliphatic heterocycles. The van der Waals surface area contributed by atoms with Gasteiger partial charge in [-0.1, -0.05) is 179 Å². The van der Waals surface area contributed by atoms with E-state index in [9.17, 15) is 45.3 Å². The first-order valence-corrected chi connectivity index (χ1v) is 26.9. The number of aliphatic hydroxyl groups excluding tert-OH is 7. The van der Waals surface area contributed by atoms with Crippen molar-refractivity contribution in [2.45, 2.75) is 274 Å². The summed E-state index contributed by atoms with van der Waals surface area (Å²) in [5.41, 5.74) is 0. The average molecular weight is 973 g/mol. The zero-order chi connectivity index (χ0) is 49.6. The van der Waals surface area contributed by atoms with Gasteiger partial charge in [0, 0.05) is 12.8 Å². The van der Waals surface area contributed by atoms with Crippen molar-refractivity contribution in [3.8, 4) is 0 Å². The molecule has 2 rings (SSSR count). The summed E-state index contributed by atoms with van der Waals surface area (Å²) in [4.78, 5) is 25.8. The van der Waals surface area contributed by atoms with Crippen molar-refractivity contribution in [1.29, 1.82) is 0 Å². The minimum absolute atomic E-state index is 0.167. The van der Waals surface area contributed by atoms with E-state index in [1.54, 1.807) is 0 Å². The summed E-state index contributed by atoms with van der Waals surface area (Å²) in [6, 6.07) is 0. The smallest absolute Gasteiger partial charge is 0.306 e. The Kier molecular flexibility index (Phi) is 37.0. The van der Waals surface area contributed by atoms with Gasteiger partial charge in [0.25, 0.3) is 0 Å². The van der Waals surface area contributed by atoms with E-state index in [2.05, 4.69) is 38.2 Å². The number of hydrogen-bond donors (Lipinski definition) is 7. The van der Waals surface area contributed by atoms with Crippen LogP contribution in [0.5, 0.6) is 0 Å². The van der Waals surface area contributed by atoms with Crippen molar-refractivity contribution in [3.63, 3.8) is 0 Å². The van der Waals surface area contributed by atoms with Crippen LogP contribution in [0.25, 0.3) is 0 Å². The molecule has 0 amide bonds. The zero-order valence-electron chi connectivity index (χ0n) is 42.1. The Hall–Kier alpha value is -2.02. The van der Waals surface area contributed by atoms with Crippen molar-refractivity contribution in [1.82, 2.24) is 0 Å². The van der Waals surface area contributed by atoms with Crippen LogP contribution in [0.4, 0.5) is 0 Å². The van der Waals surface area contributed by atoms with E-state index < -0.39 is 92.7 Å². The van der Waals surface area contributed by atoms with Gasteiger partial charge < -0.3 is 64.2 Å². The molecule has 0 aromatic heterocycles. The highest BCUT2D eigenvalue weighted by molar-refractivity contribution is 5.70. The maximum absolute atomic E-state index is 13.0. The van der Waals surface area contributed by atoms with E-state index >= 15 is 0 Å². The molecular formula is C53H96O15. The molecule has 0 spiro atoms. The Morgan fingerprint density at radius 1 is 0.471 bits per heavy atom. The third-order valence-corrected chi connectivity index (χ3v) is 12.9. The highest BCUT2D eigenvalue weighted by Gasteiger charge is 2.47. The molecule has 7 N–H and O–H groups in total. The largest absolute Gasteiger partial charge is 0.462 e. The maximum atomic E-state index is 13.0. The molecule has 0 saturated carbocycles. The molecule has 0 aliphatic carbocycles. The normalized spacial score (nSPS) is 25.9. The van der Waals surface area contributed by atoms with Crippen molar-refractivity contribution in [2.75, 3.05) is 26.4 Å². The molecule has 2 saturated heterocycles. The van der Waals surface area contributed by atoms with Crippen molar-refractivity contribution in [3.05, 3.63) is 24.3 Å². The molecule has 15 nitrogen and oxygen atoms in total. The summed E-state index contributed by atoms with van der Waals surface area (Å²) in [6.07, 6.45) is 24.9. The monoisotopic (exact) mass is 973 g/mol. The summed E-state index contributed by atoms with van der Waals surface area (Å²) < 4.78 is 33.6. The van der Waals surface area contributed by atoms with E-state index in [0.717, 1.165) is 64.2 Å². The van der Waals surface area contributed by atoms with Crippen LogP contribution in [-0.2, 0) is 38.0 Å². The molecule has 0 radical (unpaired) electrons. The number of rotatable bonds is 42. The SMILES string of the molecule is CCCC/C=C/C/C=C/CCCCCCCC(=O)OC[C@H](CO[C@H]1O[C@@H](CO[C@H]2O[C@@H](CO)[C@@H](O)C(O)C2O)[C@@H](O)C(O)C1O)OC(=O)CCCCCCCCCCCCCCCCCCCC. The van der Waals surface area contributed by atoms with Crippen LogP contribution in [0.15, 0.2) is 24.3 Å². The predicted octanol–water partition coefficient (Wildman–Crippen LogP) is 7.94. The van der Waals surface area contributed by atoms with Gasteiger partial charge in [-0.15, -0.1) is 0 Å². The van der Waals surface area contributed by atoms with Crippen molar-refractivity contribution < 1.29 is 73.8 Å². The van der Waals surface area contributed by atoms with Gasteiger partial charge in [-0.3, -0.25) is 9.59 Å². The van der Waals surface area contributed by atoms with Crippen LogP contribution in [-0.4, -0.2) is 142 Å². The summed E-state index contributed by atoms with van der Waals surface area (Å²) in [5, 5.41) is 72.1. The van der Waals surface area contributed by atoms with Crippen LogP contribution < -0.4 is 0 Å². The molecule has 0 bridgehead atoms. The molecule has 2 aliphatic rings. The minimum atomic E-state index is -1.76. The Balaban J connectivity index is 1.79. The van der Waals surface area contributed by atoms with Gasteiger partial charge in [-0.2, -0.15) is 0 Å². The molecule has 398 valence electrons. The number of aliphatic hydroxyl groups is 7. The van der Waals surface area contributed by atoms with Gasteiger partial charge in [0.05, 0.1) is 19.8 Å². The Morgan fingerprint density at radius 3 is 1.41 bits per heavy atom. The van der Waals surface area contributed by atoms with E-state index in [4.69, 9.17) is 28.4 Å². The first kappa shape index (κ1) is 62.1. The van der Waals surface area contributed by atoms with Gasteiger partial charge in [-0.05, 0) is 38.5 Å². The van der Waals surface area contributed by atoms with Crippen LogP contribution in [0.1, 0.15) is 206 Å². The molecule has 0 aromatic rings. The molecule has 2 heterocycles. The van der Waals surface area contributed by atoms with Gasteiger partial charge in [0.15, 0.2) is 18.7 Å². The fourth-order valence-electron chi connectivity index (χ4n) is 8.47. The lowest BCUT2D eigenvalue weighted by Crippen LogP contribution is -2.61. The van der Waals surface area contributed by atoms with Crippen LogP contribution in [0, 0.1) is 0 Å². The van der Waals surface area contributed by atoms with Crippen LogP contribution in [0.3, 0.4) is 0 Å². The van der Waals surface area contributed by atoms with Gasteiger partial charge in [0.1, 0.15) is 55.4 Å². The summed E-state index contributed by atoms with van der Waals surface area (Å²) in [5.74, 6) is -0.932. The Morgan fingerprint density at radius 2 is 0.897 bits per heavy atom. The number of ether oxygens (including phenoxy) is 6. The van der Waals surface area contributed by atoms with Gasteiger partial charge in [0.2, 0.25) is 0 Å². The number of carbonyl (C=O) groups is 2. The number of unbranched alkanes of at least 4 members (excludes halogenated alkanes) is 24. The second-order valence-corrected chi connectivity index (χ2v) is 19.1. The predicted molar refractivity (Wildman–Crippen MR) is 261 cm³/mol. The third kappa shape index (κ3) is 28.1. The fraction of sp³-hybridized carbons (Fsp3) is 0.887. The lowest BCUT2D eigenvalue weighted by Gasteiger charge is -2.42. The fourth-order valence-corrected chi connectivity index (χ4v) is 8.47. The zero-order valence-corrected chi connectivity index (χ0v) is 42.1. The second-order valence-electron chi connectivity index (χ2n) is 19.1. The topological polar surface area (TPSA) is 231 Å². The maximum Gasteiger partial charge on any atom is 0.306 e. The van der Waals surface area contributed by atoms with Crippen LogP contribution >= 0.6 is 0 Å². The van der Waals surface area contributed by atoms with Gasteiger partial charge in [-0.25, -0.2) is 0 Å². The number of hydrogen-bond acceptors (Lipinski definition) is 15. The lowest BCUT2D eigenvalue weighted by atomic mass is 9.98. The van der Waals surface area contributed by atoms with E-state index in [1.807, 2.05) is 0 Å². The van der Waals surface area contributed by atoms with E-state index in [-0.39, 0.29) is 26.1 Å². The molecule has 68 heavy (non-hydrogen) atoms. The molecule has 4 unspecified atom stereocenters. The van der Waals surface area contributed by atoms with E-state index in [0.29, 0.717) is 12.8 Å². The van der Waals surface area contributed by atoms with Gasteiger partial charge >= 0.3 is 11.9 Å². The minimum Gasteiger partial charge on any atom is -0.462 e. The molecule has 15 heteroatoms. The number of carbonyl (C=O) groups excluding carboxylic acids is 2. The van der Waals surface area contributed by atoms with Crippen molar-refractivity contribution in [2.24, 2.45) is 0 Å². The summed E-state index contributed by atoms with van der Waals surface area (Å²) in [7, 11) is 0. The standard InChI is InChI=1S/C53H96O15/c1-3-5-7-9-11-13-15-17-19-20-21-22-24-26-28-30-32-34-36-45(56)66-41(38-63-44(55)35-33-31-29-27-25-23-18-16-14-12-10-8-6-4-2)39-64-52-51(62)49(60)47(58)43(68-52)40-65-53-50(61)48(59)46(57)42(37-54)67-53/h10,12,16,18,41-43,46-54,57-62H,3-9,11,13-15,17,19-40H2,1-2H3/b12-10+,18-16+/t41-,42+,43+,46-,47-,48?,49?,50?,51?,52+,53+/m1/s1. The summed E-state index contributed by atoms with van der Waals surface area (Å²) >= 11 is 0. The molecular weight excluding hydrogens is 877 g/mol. The number of esters is 2. The molecule has 0 aromatic carbocycles. The average Bonchev–Trinajstić information content (AvgIpc) is 3.33. The first-order chi connectivity index (χ1) is 33.0. The Bertz CT molecular complexity index is 1280. The first-order valence-electron chi connectivity index (χ1n) is 26.9. The third-order valence-electron chi connectivity index (χ3n) is 12.9. The van der Waals surface area contributed by atoms with Crippen LogP contribution in [0.2, 0.25) is 0 Å². The summed E-state index contributed by atoms with van der Waals surface area (Å²) in [6.45, 7) is 2.56. The molecule has 11 atom stereocenters. The molecule has 2 fully saturated rings. The highest BCUT2D eigenvalue weighted by Crippen LogP contribution is 2.27. The number of allylic oxidation sites excluding steroid dienone is 4.